The smallest absolute Gasteiger partial charge is 0.239 e. The molecule has 2 heterocycles. The second-order valence-electron chi connectivity index (χ2n) is 3.23. The van der Waals surface area contributed by atoms with Gasteiger partial charge in [-0.25, -0.2) is 0 Å². The van der Waals surface area contributed by atoms with Crippen LogP contribution in [-0.4, -0.2) is 31.8 Å². The number of aromatic nitrogens is 4. The highest BCUT2D eigenvalue weighted by Gasteiger charge is 2.10. The molecule has 0 aromatic carbocycles. The molecule has 0 saturated heterocycles. The Morgan fingerprint density at radius 2 is 2.31 bits per heavy atom. The summed E-state index contributed by atoms with van der Waals surface area (Å²) in [7, 11) is 0. The van der Waals surface area contributed by atoms with Crippen LogP contribution in [0.15, 0.2) is 16.9 Å². The number of nitrogens with two attached hydrogens (primary N) is 1. The number of carbonyl (C=O) groups excluding carboxylic acids is 1. The van der Waals surface area contributed by atoms with Crippen LogP contribution in [0.3, 0.4) is 0 Å². The van der Waals surface area contributed by atoms with E-state index < -0.39 is 11.9 Å². The molecule has 2 aromatic heterocycles. The molecule has 0 fully saturated rings. The summed E-state index contributed by atoms with van der Waals surface area (Å²) in [5, 5.41) is 14.7. The van der Waals surface area contributed by atoms with Gasteiger partial charge in [-0.3, -0.25) is 4.79 Å². The van der Waals surface area contributed by atoms with Crippen LogP contribution in [0.1, 0.15) is 6.92 Å². The molecule has 0 saturated carbocycles. The molecule has 0 spiro atoms. The average molecular weight is 285 g/mol. The Morgan fingerprint density at radius 3 is 3.00 bits per heavy atom. The lowest BCUT2D eigenvalue weighted by Gasteiger charge is -2.10. The third kappa shape index (κ3) is 1.96. The number of rotatable bonds is 3. The summed E-state index contributed by atoms with van der Waals surface area (Å²) in [5.41, 5.74) is 5.75. The Kier molecular flexibility index (Phi) is 2.73. The maximum absolute atomic E-state index is 10.9. The predicted molar refractivity (Wildman–Crippen MR) is 60.8 cm³/mol. The average Bonchev–Trinajstić information content (AvgIpc) is 2.60. The number of nitrogens with one attached hydrogen (secondary N) is 1. The van der Waals surface area contributed by atoms with Gasteiger partial charge in [0.25, 0.3) is 0 Å². The predicted octanol–water partition coefficient (Wildman–Crippen LogP) is 0.172. The van der Waals surface area contributed by atoms with Gasteiger partial charge < -0.3 is 11.1 Å². The molecule has 8 heteroatoms. The van der Waals surface area contributed by atoms with Crippen molar-refractivity contribution in [2.24, 2.45) is 5.73 Å². The molecule has 0 aliphatic carbocycles. The van der Waals surface area contributed by atoms with Gasteiger partial charge in [0.05, 0.1) is 0 Å². The van der Waals surface area contributed by atoms with Gasteiger partial charge in [-0.15, -0.1) is 15.3 Å². The zero-order chi connectivity index (χ0) is 11.7. The first kappa shape index (κ1) is 10.8. The summed E-state index contributed by atoms with van der Waals surface area (Å²) >= 11 is 3.20. The second-order valence-corrected chi connectivity index (χ2v) is 3.94. The van der Waals surface area contributed by atoms with E-state index in [2.05, 4.69) is 36.5 Å². The summed E-state index contributed by atoms with van der Waals surface area (Å²) in [4.78, 5) is 10.9. The van der Waals surface area contributed by atoms with Crippen LogP contribution in [0.2, 0.25) is 0 Å². The summed E-state index contributed by atoms with van der Waals surface area (Å²) < 4.78 is 2.01. The van der Waals surface area contributed by atoms with Crippen molar-refractivity contribution >= 4 is 33.3 Å². The van der Waals surface area contributed by atoms with Gasteiger partial charge in [0.1, 0.15) is 11.9 Å². The van der Waals surface area contributed by atoms with Crippen molar-refractivity contribution in [2.75, 3.05) is 5.32 Å². The van der Waals surface area contributed by atoms with Crippen LogP contribution in [0, 0.1) is 0 Å². The van der Waals surface area contributed by atoms with Crippen LogP contribution < -0.4 is 11.1 Å². The highest BCUT2D eigenvalue weighted by Crippen LogP contribution is 2.11. The standard InChI is InChI=1S/C8H9BrN6O/c1-4(7(10)16)11-5-2-3-6-12-13-8(9)15(6)14-5/h2-4H,1H3,(H2,10,16)(H,11,14). The van der Waals surface area contributed by atoms with E-state index in [0.29, 0.717) is 16.2 Å². The summed E-state index contributed by atoms with van der Waals surface area (Å²) in [5.74, 6) is 0.0871. The lowest BCUT2D eigenvalue weighted by atomic mass is 10.3. The molecule has 16 heavy (non-hydrogen) atoms. The van der Waals surface area contributed by atoms with Gasteiger partial charge in [0.2, 0.25) is 10.6 Å². The molecule has 1 amide bonds. The number of primary amides is 1. The maximum Gasteiger partial charge on any atom is 0.239 e. The van der Waals surface area contributed by atoms with Gasteiger partial charge in [-0.05, 0) is 35.0 Å². The van der Waals surface area contributed by atoms with Gasteiger partial charge in [0.15, 0.2) is 5.65 Å². The summed E-state index contributed by atoms with van der Waals surface area (Å²) in [6.45, 7) is 1.66. The van der Waals surface area contributed by atoms with Gasteiger partial charge in [-0.2, -0.15) is 4.52 Å². The van der Waals surface area contributed by atoms with E-state index in [-0.39, 0.29) is 0 Å². The second kappa shape index (κ2) is 4.05. The van der Waals surface area contributed by atoms with E-state index in [0.717, 1.165) is 0 Å². The van der Waals surface area contributed by atoms with Crippen molar-refractivity contribution < 1.29 is 4.79 Å². The number of hydrogen-bond donors (Lipinski definition) is 2. The highest BCUT2D eigenvalue weighted by atomic mass is 79.9. The van der Waals surface area contributed by atoms with Crippen LogP contribution >= 0.6 is 15.9 Å². The lowest BCUT2D eigenvalue weighted by molar-refractivity contribution is -0.118. The number of hydrogen-bond acceptors (Lipinski definition) is 5. The minimum atomic E-state index is -0.486. The monoisotopic (exact) mass is 284 g/mol. The Hall–Kier alpha value is -1.70. The minimum absolute atomic E-state index is 0.440. The number of nitrogens with zero attached hydrogens (tertiary/aromatic N) is 4. The van der Waals surface area contributed by atoms with Crippen molar-refractivity contribution in [1.29, 1.82) is 0 Å². The maximum atomic E-state index is 10.9. The quantitative estimate of drug-likeness (QED) is 0.837. The van der Waals surface area contributed by atoms with Crippen LogP contribution in [-0.2, 0) is 4.79 Å². The normalized spacial score (nSPS) is 12.6. The number of carbonyl (C=O) groups is 1. The number of anilines is 1. The zero-order valence-electron chi connectivity index (χ0n) is 8.38. The zero-order valence-corrected chi connectivity index (χ0v) is 9.97. The van der Waals surface area contributed by atoms with Crippen molar-refractivity contribution in [3.05, 3.63) is 16.9 Å². The summed E-state index contributed by atoms with van der Waals surface area (Å²) in [6.07, 6.45) is 0. The number of fused-ring (bicyclic) bond motifs is 1. The molecule has 0 bridgehead atoms. The van der Waals surface area contributed by atoms with Crippen LogP contribution in [0.25, 0.3) is 5.65 Å². The van der Waals surface area contributed by atoms with E-state index in [4.69, 9.17) is 5.73 Å². The fourth-order valence-corrected chi connectivity index (χ4v) is 1.47. The van der Waals surface area contributed by atoms with Gasteiger partial charge in [-0.1, -0.05) is 0 Å². The van der Waals surface area contributed by atoms with Crippen LogP contribution in [0.5, 0.6) is 0 Å². The Morgan fingerprint density at radius 1 is 1.56 bits per heavy atom. The first-order valence-corrected chi connectivity index (χ1v) is 5.31. The van der Waals surface area contributed by atoms with Gasteiger partial charge >= 0.3 is 0 Å². The van der Waals surface area contributed by atoms with Crippen LogP contribution in [0.4, 0.5) is 5.82 Å². The lowest BCUT2D eigenvalue weighted by Crippen LogP contribution is -2.32. The van der Waals surface area contributed by atoms with Crippen molar-refractivity contribution in [3.63, 3.8) is 0 Å². The molecule has 84 valence electrons. The number of amides is 1. The molecular formula is C8H9BrN6O. The molecule has 7 nitrogen and oxygen atoms in total. The largest absolute Gasteiger partial charge is 0.368 e. The Balaban J connectivity index is 2.32. The van der Waals surface area contributed by atoms with Gasteiger partial charge in [0, 0.05) is 0 Å². The highest BCUT2D eigenvalue weighted by molar-refractivity contribution is 9.10. The molecule has 0 radical (unpaired) electrons. The SMILES string of the molecule is CC(Nc1ccc2nnc(Br)n2n1)C(N)=O. The molecule has 1 atom stereocenters. The molecule has 2 aromatic rings. The summed E-state index contributed by atoms with van der Waals surface area (Å²) in [6, 6.07) is 2.96. The van der Waals surface area contributed by atoms with E-state index >= 15 is 0 Å². The van der Waals surface area contributed by atoms with Crippen molar-refractivity contribution in [1.82, 2.24) is 19.8 Å². The first-order chi connectivity index (χ1) is 7.58. The molecule has 0 aliphatic heterocycles. The van der Waals surface area contributed by atoms with Crippen molar-refractivity contribution in [3.8, 4) is 0 Å². The molecule has 1 unspecified atom stereocenters. The first-order valence-electron chi connectivity index (χ1n) is 4.52. The fourth-order valence-electron chi connectivity index (χ4n) is 1.13. The molecule has 3 N–H and O–H groups in total. The van der Waals surface area contributed by atoms with E-state index in [9.17, 15) is 4.79 Å². The Bertz CT molecular complexity index is 538. The topological polar surface area (TPSA) is 98.2 Å². The fraction of sp³-hybridized carbons (Fsp3) is 0.250. The molecule has 0 aliphatic rings. The van der Waals surface area contributed by atoms with E-state index in [1.165, 1.54) is 4.52 Å². The third-order valence-corrected chi connectivity index (χ3v) is 2.51. The van der Waals surface area contributed by atoms with E-state index in [1.54, 1.807) is 19.1 Å². The van der Waals surface area contributed by atoms with Crippen molar-refractivity contribution in [2.45, 2.75) is 13.0 Å². The minimum Gasteiger partial charge on any atom is -0.368 e. The Labute approximate surface area is 99.2 Å². The molecule has 2 rings (SSSR count). The molecular weight excluding hydrogens is 276 g/mol. The van der Waals surface area contributed by atoms with E-state index in [1.807, 2.05) is 0 Å². The third-order valence-electron chi connectivity index (χ3n) is 2.02. The number of halogens is 1.